The van der Waals surface area contributed by atoms with E-state index in [1.807, 2.05) is 18.2 Å². The van der Waals surface area contributed by atoms with E-state index in [1.54, 1.807) is 12.1 Å². The van der Waals surface area contributed by atoms with Crippen molar-refractivity contribution in [3.63, 3.8) is 0 Å². The predicted molar refractivity (Wildman–Crippen MR) is 112 cm³/mol. The van der Waals surface area contributed by atoms with Gasteiger partial charge in [0.2, 0.25) is 0 Å². The van der Waals surface area contributed by atoms with Crippen LogP contribution in [0.5, 0.6) is 0 Å². The summed E-state index contributed by atoms with van der Waals surface area (Å²) in [6.07, 6.45) is 5.63. The zero-order chi connectivity index (χ0) is 19.1. The Kier molecular flexibility index (Phi) is 4.01. The van der Waals surface area contributed by atoms with Gasteiger partial charge in [-0.3, -0.25) is 0 Å². The van der Waals surface area contributed by atoms with E-state index < -0.39 is 5.97 Å². The fourth-order valence-electron chi connectivity index (χ4n) is 4.64. The molecule has 0 unspecified atom stereocenters. The van der Waals surface area contributed by atoms with E-state index in [4.69, 9.17) is 0 Å². The summed E-state index contributed by atoms with van der Waals surface area (Å²) >= 11 is 0. The summed E-state index contributed by atoms with van der Waals surface area (Å²) in [7, 11) is 0. The van der Waals surface area contributed by atoms with Crippen LogP contribution in [-0.2, 0) is 0 Å². The van der Waals surface area contributed by atoms with Crippen molar-refractivity contribution in [2.24, 2.45) is 5.92 Å². The quantitative estimate of drug-likeness (QED) is 0.569. The van der Waals surface area contributed by atoms with Gasteiger partial charge in [-0.2, -0.15) is 0 Å². The number of fused-ring (bicyclic) bond motifs is 3. The highest BCUT2D eigenvalue weighted by atomic mass is 16.4. The third-order valence-electron chi connectivity index (χ3n) is 6.00. The Hall–Kier alpha value is -3.33. The average Bonchev–Trinajstić information content (AvgIpc) is 3.24. The van der Waals surface area contributed by atoms with Crippen LogP contribution in [0.1, 0.15) is 39.9 Å². The molecule has 3 atom stereocenters. The summed E-state index contributed by atoms with van der Waals surface area (Å²) in [5.41, 5.74) is 6.41. The molecule has 2 N–H and O–H groups in total. The Bertz CT molecular complexity index is 1050. The minimum absolute atomic E-state index is 0.153. The molecular weight excluding hydrogens is 346 g/mol. The van der Waals surface area contributed by atoms with E-state index in [1.165, 1.54) is 22.4 Å². The lowest BCUT2D eigenvalue weighted by atomic mass is 9.76. The minimum Gasteiger partial charge on any atom is -0.478 e. The zero-order valence-corrected chi connectivity index (χ0v) is 15.4. The fourth-order valence-corrected chi connectivity index (χ4v) is 4.64. The van der Waals surface area contributed by atoms with Gasteiger partial charge in [-0.15, -0.1) is 0 Å². The van der Waals surface area contributed by atoms with Crippen LogP contribution in [0.4, 0.5) is 5.69 Å². The summed E-state index contributed by atoms with van der Waals surface area (Å²) in [6, 6.07) is 24.5. The first-order chi connectivity index (χ1) is 13.7. The molecule has 0 saturated carbocycles. The van der Waals surface area contributed by atoms with E-state index in [-0.39, 0.29) is 6.04 Å². The van der Waals surface area contributed by atoms with Gasteiger partial charge in [0.1, 0.15) is 0 Å². The first kappa shape index (κ1) is 16.8. The van der Waals surface area contributed by atoms with Crippen LogP contribution in [0.3, 0.4) is 0 Å². The molecule has 3 aromatic carbocycles. The highest BCUT2D eigenvalue weighted by Gasteiger charge is 2.38. The molecule has 0 aromatic heterocycles. The fraction of sp³-hybridized carbons (Fsp3) is 0.160. The van der Waals surface area contributed by atoms with Crippen molar-refractivity contribution in [2.45, 2.75) is 18.4 Å². The lowest BCUT2D eigenvalue weighted by Gasteiger charge is -2.38. The molecular formula is C25H21NO2. The maximum absolute atomic E-state index is 11.2. The standard InChI is InChI=1S/C25H21NO2/c27-25(28)18-14-12-17(13-15-18)23-21-10-5-9-20(21)22-11-4-8-19(24(22)26-23)16-6-2-1-3-7-16/h1-9,11-15,20-21,23,26H,10H2,(H,27,28)/t20-,21+,23+/m0/s1. The van der Waals surface area contributed by atoms with Gasteiger partial charge >= 0.3 is 5.97 Å². The Labute approximate surface area is 164 Å². The van der Waals surface area contributed by atoms with Crippen molar-refractivity contribution < 1.29 is 9.90 Å². The molecule has 3 aromatic rings. The largest absolute Gasteiger partial charge is 0.478 e. The number of carbonyl (C=O) groups is 1. The Morgan fingerprint density at radius 3 is 2.46 bits per heavy atom. The zero-order valence-electron chi connectivity index (χ0n) is 15.4. The lowest BCUT2D eigenvalue weighted by Crippen LogP contribution is -2.29. The van der Waals surface area contributed by atoms with Gasteiger partial charge in [0.15, 0.2) is 0 Å². The smallest absolute Gasteiger partial charge is 0.335 e. The Morgan fingerprint density at radius 2 is 1.71 bits per heavy atom. The van der Waals surface area contributed by atoms with E-state index >= 15 is 0 Å². The molecule has 0 amide bonds. The van der Waals surface area contributed by atoms with Gasteiger partial charge in [-0.1, -0.05) is 72.8 Å². The molecule has 5 rings (SSSR count). The Morgan fingerprint density at radius 1 is 0.929 bits per heavy atom. The predicted octanol–water partition coefficient (Wildman–Crippen LogP) is 5.88. The first-order valence-corrected chi connectivity index (χ1v) is 9.67. The van der Waals surface area contributed by atoms with Gasteiger partial charge in [0, 0.05) is 17.2 Å². The normalized spacial score (nSPS) is 22.2. The number of aromatic carboxylic acids is 1. The number of hydrogen-bond acceptors (Lipinski definition) is 2. The summed E-state index contributed by atoms with van der Waals surface area (Å²) in [5, 5.41) is 13.0. The van der Waals surface area contributed by atoms with E-state index in [0.717, 1.165) is 12.0 Å². The van der Waals surface area contributed by atoms with Crippen molar-refractivity contribution in [3.05, 3.63) is 102 Å². The molecule has 3 heteroatoms. The highest BCUT2D eigenvalue weighted by Crippen LogP contribution is 2.52. The number of carboxylic acids is 1. The molecule has 1 aliphatic carbocycles. The van der Waals surface area contributed by atoms with Gasteiger partial charge in [0.25, 0.3) is 0 Å². The number of anilines is 1. The van der Waals surface area contributed by atoms with Crippen molar-refractivity contribution in [2.75, 3.05) is 5.32 Å². The number of hydrogen-bond donors (Lipinski definition) is 2. The van der Waals surface area contributed by atoms with Crippen LogP contribution in [0.15, 0.2) is 84.9 Å². The topological polar surface area (TPSA) is 49.3 Å². The number of allylic oxidation sites excluding steroid dienone is 2. The van der Waals surface area contributed by atoms with E-state index in [0.29, 0.717) is 17.4 Å². The Balaban J connectivity index is 1.60. The summed E-state index contributed by atoms with van der Waals surface area (Å²) in [5.74, 6) is -0.0708. The maximum atomic E-state index is 11.2. The summed E-state index contributed by atoms with van der Waals surface area (Å²) in [6.45, 7) is 0. The first-order valence-electron chi connectivity index (χ1n) is 9.67. The molecule has 138 valence electrons. The average molecular weight is 367 g/mol. The van der Waals surface area contributed by atoms with Gasteiger partial charge < -0.3 is 10.4 Å². The lowest BCUT2D eigenvalue weighted by molar-refractivity contribution is 0.0697. The van der Waals surface area contributed by atoms with Crippen LogP contribution in [0.25, 0.3) is 11.1 Å². The third-order valence-corrected chi connectivity index (χ3v) is 6.00. The van der Waals surface area contributed by atoms with Gasteiger partial charge in [0.05, 0.1) is 11.6 Å². The number of rotatable bonds is 3. The van der Waals surface area contributed by atoms with Crippen LogP contribution in [-0.4, -0.2) is 11.1 Å². The van der Waals surface area contributed by atoms with E-state index in [2.05, 4.69) is 59.9 Å². The van der Waals surface area contributed by atoms with Crippen molar-refractivity contribution in [1.82, 2.24) is 0 Å². The van der Waals surface area contributed by atoms with Crippen molar-refractivity contribution >= 4 is 11.7 Å². The molecule has 28 heavy (non-hydrogen) atoms. The summed E-state index contributed by atoms with van der Waals surface area (Å²) in [4.78, 5) is 11.2. The number of nitrogens with one attached hydrogen (secondary N) is 1. The molecule has 0 saturated heterocycles. The molecule has 0 bridgehead atoms. The molecule has 1 aliphatic heterocycles. The number of para-hydroxylation sites is 1. The second-order valence-electron chi connectivity index (χ2n) is 7.54. The molecule has 0 fully saturated rings. The van der Waals surface area contributed by atoms with Crippen LogP contribution >= 0.6 is 0 Å². The second kappa shape index (κ2) is 6.68. The SMILES string of the molecule is O=C(O)c1ccc([C@H]2Nc3c(-c4ccccc4)cccc3[C@H]3C=CC[C@H]32)cc1. The van der Waals surface area contributed by atoms with Crippen molar-refractivity contribution in [3.8, 4) is 11.1 Å². The van der Waals surface area contributed by atoms with Gasteiger partial charge in [-0.05, 0) is 41.2 Å². The van der Waals surface area contributed by atoms with Crippen LogP contribution in [0.2, 0.25) is 0 Å². The minimum atomic E-state index is -0.889. The number of carboxylic acid groups (broad SMARTS) is 1. The molecule has 3 nitrogen and oxygen atoms in total. The molecule has 2 aliphatic rings. The molecule has 0 radical (unpaired) electrons. The van der Waals surface area contributed by atoms with Gasteiger partial charge in [-0.25, -0.2) is 4.79 Å². The molecule has 0 spiro atoms. The monoisotopic (exact) mass is 367 g/mol. The van der Waals surface area contributed by atoms with Crippen LogP contribution < -0.4 is 5.32 Å². The van der Waals surface area contributed by atoms with E-state index in [9.17, 15) is 9.90 Å². The van der Waals surface area contributed by atoms with Crippen LogP contribution in [0, 0.1) is 5.92 Å². The molecule has 1 heterocycles. The summed E-state index contributed by atoms with van der Waals surface area (Å²) < 4.78 is 0. The van der Waals surface area contributed by atoms with Crippen molar-refractivity contribution in [1.29, 1.82) is 0 Å². The maximum Gasteiger partial charge on any atom is 0.335 e. The highest BCUT2D eigenvalue weighted by molar-refractivity contribution is 5.87. The third kappa shape index (κ3) is 2.71. The number of benzene rings is 3. The second-order valence-corrected chi connectivity index (χ2v) is 7.54.